The van der Waals surface area contributed by atoms with E-state index in [1.54, 1.807) is 0 Å². The van der Waals surface area contributed by atoms with E-state index >= 15 is 0 Å². The zero-order valence-electron chi connectivity index (χ0n) is 16.6. The highest BCUT2D eigenvalue weighted by atomic mass is 16.4. The van der Waals surface area contributed by atoms with Crippen LogP contribution < -0.4 is 10.6 Å². The molecular weight excluding hydrogens is 364 g/mol. The van der Waals surface area contributed by atoms with Crippen LogP contribution in [0.5, 0.6) is 0 Å². The summed E-state index contributed by atoms with van der Waals surface area (Å²) < 4.78 is 0. The lowest BCUT2D eigenvalue weighted by Gasteiger charge is -2.17. The van der Waals surface area contributed by atoms with Gasteiger partial charge in [-0.05, 0) is 48.9 Å². The molecule has 0 aliphatic rings. The third kappa shape index (κ3) is 7.38. The van der Waals surface area contributed by atoms with Crippen LogP contribution in [0.15, 0.2) is 24.3 Å². The summed E-state index contributed by atoms with van der Waals surface area (Å²) in [5.74, 6) is -3.13. The maximum atomic E-state index is 12.3. The van der Waals surface area contributed by atoms with Gasteiger partial charge >= 0.3 is 11.9 Å². The lowest BCUT2D eigenvalue weighted by molar-refractivity contribution is -0.140. The molecule has 0 saturated carbocycles. The number of carbonyl (C=O) groups is 4. The van der Waals surface area contributed by atoms with Crippen molar-refractivity contribution in [3.05, 3.63) is 35.4 Å². The van der Waals surface area contributed by atoms with Gasteiger partial charge in [0, 0.05) is 11.1 Å². The topological polar surface area (TPSA) is 133 Å². The van der Waals surface area contributed by atoms with Crippen molar-refractivity contribution in [3.8, 4) is 0 Å². The maximum absolute atomic E-state index is 12.3. The number of carboxylic acids is 2. The Bertz CT molecular complexity index is 651. The molecule has 154 valence electrons. The van der Waals surface area contributed by atoms with Gasteiger partial charge in [0.25, 0.3) is 11.8 Å². The number of hydrogen-bond acceptors (Lipinski definition) is 4. The van der Waals surface area contributed by atoms with E-state index < -0.39 is 35.8 Å². The van der Waals surface area contributed by atoms with E-state index in [1.165, 1.54) is 24.3 Å². The highest BCUT2D eigenvalue weighted by Crippen LogP contribution is 2.10. The third-order valence-corrected chi connectivity index (χ3v) is 4.03. The highest BCUT2D eigenvalue weighted by Gasteiger charge is 2.23. The number of rotatable bonds is 10. The molecule has 0 radical (unpaired) electrons. The summed E-state index contributed by atoms with van der Waals surface area (Å²) in [5.41, 5.74) is 0.423. The Labute approximate surface area is 164 Å². The molecule has 0 bridgehead atoms. The number of carboxylic acid groups (broad SMARTS) is 2. The van der Waals surface area contributed by atoms with Crippen LogP contribution in [0.4, 0.5) is 0 Å². The molecule has 2 atom stereocenters. The van der Waals surface area contributed by atoms with Crippen molar-refractivity contribution in [1.29, 1.82) is 0 Å². The van der Waals surface area contributed by atoms with Crippen LogP contribution in [-0.4, -0.2) is 46.0 Å². The molecule has 0 aliphatic carbocycles. The lowest BCUT2D eigenvalue weighted by atomic mass is 10.0. The number of nitrogens with one attached hydrogen (secondary N) is 2. The molecule has 28 heavy (non-hydrogen) atoms. The molecule has 2 amide bonds. The van der Waals surface area contributed by atoms with Crippen LogP contribution in [0.2, 0.25) is 0 Å². The molecule has 8 heteroatoms. The third-order valence-electron chi connectivity index (χ3n) is 4.03. The number of benzene rings is 1. The summed E-state index contributed by atoms with van der Waals surface area (Å²) in [6.07, 6.45) is 0.599. The molecule has 1 aromatic rings. The predicted molar refractivity (Wildman–Crippen MR) is 103 cm³/mol. The van der Waals surface area contributed by atoms with E-state index in [2.05, 4.69) is 10.6 Å². The fraction of sp³-hybridized carbons (Fsp3) is 0.500. The van der Waals surface area contributed by atoms with Gasteiger partial charge in [0.2, 0.25) is 0 Å². The van der Waals surface area contributed by atoms with E-state index in [0.717, 1.165) is 0 Å². The predicted octanol–water partition coefficient (Wildman–Crippen LogP) is 2.14. The summed E-state index contributed by atoms with van der Waals surface area (Å²) in [7, 11) is 0. The van der Waals surface area contributed by atoms with Crippen molar-refractivity contribution in [1.82, 2.24) is 10.6 Å². The standard InChI is InChI=1S/C20H28N2O6/c1-11(2)9-15(19(25)26)21-17(23)13-5-7-14(8-6-13)18(24)22-16(20(27)28)10-12(3)4/h5-8,11-12,15-16H,9-10H2,1-4H3,(H,21,23)(H,22,24)(H,25,26)(H,27,28)/t15-,16+. The first-order chi connectivity index (χ1) is 13.0. The SMILES string of the molecule is CC(C)C[C@H](NC(=O)c1ccc(C(=O)N[C@H](CC(C)C)C(=O)O)cc1)C(=O)O. The second-order valence-electron chi connectivity index (χ2n) is 7.57. The average Bonchev–Trinajstić information content (AvgIpc) is 2.59. The summed E-state index contributed by atoms with van der Waals surface area (Å²) in [5, 5.41) is 23.4. The number of amides is 2. The van der Waals surface area contributed by atoms with Gasteiger partial charge in [-0.3, -0.25) is 9.59 Å². The minimum absolute atomic E-state index is 0.0977. The second-order valence-corrected chi connectivity index (χ2v) is 7.57. The Morgan fingerprint density at radius 3 is 1.21 bits per heavy atom. The Morgan fingerprint density at radius 2 is 1.00 bits per heavy atom. The van der Waals surface area contributed by atoms with Crippen molar-refractivity contribution < 1.29 is 29.4 Å². The summed E-state index contributed by atoms with van der Waals surface area (Å²) in [4.78, 5) is 47.0. The van der Waals surface area contributed by atoms with Crippen molar-refractivity contribution in [2.75, 3.05) is 0 Å². The van der Waals surface area contributed by atoms with Gasteiger partial charge in [0.05, 0.1) is 0 Å². The number of carbonyl (C=O) groups excluding carboxylic acids is 2. The lowest BCUT2D eigenvalue weighted by Crippen LogP contribution is -2.42. The molecule has 1 aromatic carbocycles. The van der Waals surface area contributed by atoms with E-state index in [4.69, 9.17) is 0 Å². The largest absolute Gasteiger partial charge is 0.480 e. The van der Waals surface area contributed by atoms with Crippen molar-refractivity contribution in [3.63, 3.8) is 0 Å². The first kappa shape index (κ1) is 23.1. The maximum Gasteiger partial charge on any atom is 0.326 e. The smallest absolute Gasteiger partial charge is 0.326 e. The molecule has 0 fully saturated rings. The van der Waals surface area contributed by atoms with Crippen LogP contribution >= 0.6 is 0 Å². The molecule has 4 N–H and O–H groups in total. The molecule has 0 aliphatic heterocycles. The Balaban J connectivity index is 2.81. The number of aliphatic carboxylic acids is 2. The molecule has 8 nitrogen and oxygen atoms in total. The number of hydrogen-bond donors (Lipinski definition) is 4. The molecule has 0 spiro atoms. The van der Waals surface area contributed by atoms with E-state index in [1.807, 2.05) is 27.7 Å². The second kappa shape index (κ2) is 10.4. The molecule has 0 unspecified atom stereocenters. The monoisotopic (exact) mass is 392 g/mol. The minimum Gasteiger partial charge on any atom is -0.480 e. The van der Waals surface area contributed by atoms with Crippen LogP contribution in [0.25, 0.3) is 0 Å². The van der Waals surface area contributed by atoms with Gasteiger partial charge in [0.1, 0.15) is 12.1 Å². The fourth-order valence-electron chi connectivity index (χ4n) is 2.64. The van der Waals surface area contributed by atoms with Gasteiger partial charge in [0.15, 0.2) is 0 Å². The van der Waals surface area contributed by atoms with Gasteiger partial charge in [-0.15, -0.1) is 0 Å². The quantitative estimate of drug-likeness (QED) is 0.482. The van der Waals surface area contributed by atoms with Crippen molar-refractivity contribution in [2.24, 2.45) is 11.8 Å². The summed E-state index contributed by atoms with van der Waals surface area (Å²) in [6.45, 7) is 7.44. The van der Waals surface area contributed by atoms with Gasteiger partial charge in [-0.2, -0.15) is 0 Å². The summed E-state index contributed by atoms with van der Waals surface area (Å²) in [6, 6.07) is 3.60. The van der Waals surface area contributed by atoms with E-state index in [-0.39, 0.29) is 23.0 Å². The fourth-order valence-corrected chi connectivity index (χ4v) is 2.64. The van der Waals surface area contributed by atoms with Crippen molar-refractivity contribution >= 4 is 23.8 Å². The molecule has 0 saturated heterocycles. The highest BCUT2D eigenvalue weighted by molar-refractivity contribution is 5.99. The average molecular weight is 392 g/mol. The first-order valence-electron chi connectivity index (χ1n) is 9.18. The van der Waals surface area contributed by atoms with Crippen LogP contribution in [0.3, 0.4) is 0 Å². The molecular formula is C20H28N2O6. The van der Waals surface area contributed by atoms with Gasteiger partial charge in [-0.1, -0.05) is 27.7 Å². The first-order valence-corrected chi connectivity index (χ1v) is 9.18. The molecule has 0 heterocycles. The van der Waals surface area contributed by atoms with Crippen LogP contribution in [-0.2, 0) is 9.59 Å². The Morgan fingerprint density at radius 1 is 0.714 bits per heavy atom. The molecule has 1 rings (SSSR count). The molecule has 0 aromatic heterocycles. The van der Waals surface area contributed by atoms with E-state index in [9.17, 15) is 29.4 Å². The zero-order chi connectivity index (χ0) is 21.4. The van der Waals surface area contributed by atoms with Gasteiger partial charge < -0.3 is 20.8 Å². The van der Waals surface area contributed by atoms with Gasteiger partial charge in [-0.25, -0.2) is 9.59 Å². The van der Waals surface area contributed by atoms with E-state index in [0.29, 0.717) is 12.8 Å². The van der Waals surface area contributed by atoms with Crippen molar-refractivity contribution in [2.45, 2.75) is 52.6 Å². The Kier molecular flexibility index (Phi) is 8.63. The van der Waals surface area contributed by atoms with Crippen LogP contribution in [0.1, 0.15) is 61.3 Å². The van der Waals surface area contributed by atoms with Crippen LogP contribution in [0, 0.1) is 11.8 Å². The normalized spacial score (nSPS) is 13.1. The Hall–Kier alpha value is -2.90. The zero-order valence-corrected chi connectivity index (χ0v) is 16.6. The summed E-state index contributed by atoms with van der Waals surface area (Å²) >= 11 is 0. The minimum atomic E-state index is -1.11.